The number of hydrogen-bond donors (Lipinski definition) is 1. The summed E-state index contributed by atoms with van der Waals surface area (Å²) in [4.78, 5) is 15.5. The Bertz CT molecular complexity index is 1160. The highest BCUT2D eigenvalue weighted by atomic mass is 35.5. The van der Waals surface area contributed by atoms with Crippen molar-refractivity contribution in [2.24, 2.45) is 0 Å². The van der Waals surface area contributed by atoms with Crippen LogP contribution in [0.3, 0.4) is 0 Å². The number of hydrogen-bond acceptors (Lipinski definition) is 5. The van der Waals surface area contributed by atoms with E-state index in [1.165, 1.54) is 31.4 Å². The molecular weight excluding hydrogens is 412 g/mol. The van der Waals surface area contributed by atoms with Gasteiger partial charge in [-0.25, -0.2) is 13.2 Å². The lowest BCUT2D eigenvalue weighted by atomic mass is 10.1. The van der Waals surface area contributed by atoms with E-state index < -0.39 is 16.0 Å². The number of nitrogens with zero attached hydrogens (tertiary/aromatic N) is 1. The summed E-state index contributed by atoms with van der Waals surface area (Å²) in [6.07, 6.45) is 4.33. The van der Waals surface area contributed by atoms with Gasteiger partial charge in [-0.2, -0.15) is 0 Å². The number of nitrogens with one attached hydrogen (secondary N) is 1. The fourth-order valence-corrected chi connectivity index (χ4v) is 3.86. The molecule has 3 rings (SSSR count). The largest absolute Gasteiger partial charge is 0.466 e. The average Bonchev–Trinajstić information content (AvgIpc) is 2.74. The SMILES string of the molecule is COC(=O)/C=C/c1cccc(S(=O)(=O)Nc2ccc(Cl)c(-c3ccccn3)c2)c1. The van der Waals surface area contributed by atoms with Crippen molar-refractivity contribution in [2.75, 3.05) is 11.8 Å². The molecule has 3 aromatic rings. The van der Waals surface area contributed by atoms with E-state index in [0.29, 0.717) is 27.5 Å². The Hall–Kier alpha value is -3.16. The van der Waals surface area contributed by atoms with Crippen molar-refractivity contribution in [1.29, 1.82) is 0 Å². The first kappa shape index (κ1) is 20.6. The van der Waals surface area contributed by atoms with Crippen LogP contribution in [0.1, 0.15) is 5.56 Å². The third kappa shape index (κ3) is 5.22. The molecular formula is C21H17ClN2O4S. The monoisotopic (exact) mass is 428 g/mol. The number of esters is 1. The number of benzene rings is 2. The molecule has 6 nitrogen and oxygen atoms in total. The minimum atomic E-state index is -3.86. The van der Waals surface area contributed by atoms with Crippen molar-refractivity contribution in [3.63, 3.8) is 0 Å². The number of carbonyl (C=O) groups excluding carboxylic acids is 1. The van der Waals surface area contributed by atoms with Gasteiger partial charge < -0.3 is 4.74 Å². The van der Waals surface area contributed by atoms with Crippen molar-refractivity contribution in [3.8, 4) is 11.3 Å². The number of anilines is 1. The second-order valence-corrected chi connectivity index (χ2v) is 8.03. The first-order valence-electron chi connectivity index (χ1n) is 8.49. The molecule has 0 aliphatic carbocycles. The molecule has 0 amide bonds. The van der Waals surface area contributed by atoms with Gasteiger partial charge in [0.05, 0.1) is 22.7 Å². The van der Waals surface area contributed by atoms with Crippen LogP contribution < -0.4 is 4.72 Å². The Kier molecular flexibility index (Phi) is 6.31. The summed E-state index contributed by atoms with van der Waals surface area (Å²) >= 11 is 6.25. The van der Waals surface area contributed by atoms with Crippen LogP contribution in [0.25, 0.3) is 17.3 Å². The molecule has 1 aromatic heterocycles. The molecule has 0 atom stereocenters. The zero-order valence-corrected chi connectivity index (χ0v) is 16.9. The van der Waals surface area contributed by atoms with E-state index in [-0.39, 0.29) is 4.90 Å². The Labute approximate surface area is 173 Å². The Morgan fingerprint density at radius 3 is 2.66 bits per heavy atom. The van der Waals surface area contributed by atoms with Crippen LogP contribution >= 0.6 is 11.6 Å². The zero-order chi connectivity index (χ0) is 20.9. The van der Waals surface area contributed by atoms with Gasteiger partial charge in [-0.15, -0.1) is 0 Å². The van der Waals surface area contributed by atoms with Crippen LogP contribution in [0, 0.1) is 0 Å². The van der Waals surface area contributed by atoms with Gasteiger partial charge in [0, 0.05) is 23.5 Å². The van der Waals surface area contributed by atoms with Gasteiger partial charge in [-0.1, -0.05) is 29.8 Å². The molecule has 0 aliphatic rings. The summed E-state index contributed by atoms with van der Waals surface area (Å²) in [6, 6.07) is 16.4. The quantitative estimate of drug-likeness (QED) is 0.465. The second-order valence-electron chi connectivity index (χ2n) is 5.94. The van der Waals surface area contributed by atoms with Crippen molar-refractivity contribution in [2.45, 2.75) is 4.90 Å². The van der Waals surface area contributed by atoms with Gasteiger partial charge in [0.25, 0.3) is 10.0 Å². The molecule has 1 heterocycles. The van der Waals surface area contributed by atoms with E-state index in [1.807, 2.05) is 6.07 Å². The van der Waals surface area contributed by atoms with Gasteiger partial charge in [0.15, 0.2) is 0 Å². The second kappa shape index (κ2) is 8.89. The minimum absolute atomic E-state index is 0.0545. The fourth-order valence-electron chi connectivity index (χ4n) is 2.54. The van der Waals surface area contributed by atoms with E-state index >= 15 is 0 Å². The number of methoxy groups -OCH3 is 1. The molecule has 0 saturated carbocycles. The highest BCUT2D eigenvalue weighted by molar-refractivity contribution is 7.92. The lowest BCUT2D eigenvalue weighted by Gasteiger charge is -2.11. The highest BCUT2D eigenvalue weighted by Crippen LogP contribution is 2.30. The molecule has 2 aromatic carbocycles. The summed E-state index contributed by atoms with van der Waals surface area (Å²) in [5.74, 6) is -0.528. The summed E-state index contributed by atoms with van der Waals surface area (Å²) in [5.41, 5.74) is 2.14. The molecule has 1 N–H and O–H groups in total. The van der Waals surface area contributed by atoms with E-state index in [9.17, 15) is 13.2 Å². The maximum absolute atomic E-state index is 12.8. The number of pyridine rings is 1. The number of sulfonamides is 1. The standard InChI is InChI=1S/C21H17ClN2O4S/c1-28-21(25)11-8-15-5-4-6-17(13-15)29(26,27)24-16-9-10-19(22)18(14-16)20-7-2-3-12-23-20/h2-14,24H,1H3/b11-8+. The Morgan fingerprint density at radius 1 is 1.10 bits per heavy atom. The summed E-state index contributed by atoms with van der Waals surface area (Å²) in [5, 5.41) is 0.460. The third-order valence-electron chi connectivity index (χ3n) is 3.94. The van der Waals surface area contributed by atoms with Gasteiger partial charge in [-0.05, 0) is 54.1 Å². The van der Waals surface area contributed by atoms with E-state index in [4.69, 9.17) is 11.6 Å². The number of halogens is 1. The van der Waals surface area contributed by atoms with Crippen molar-refractivity contribution < 1.29 is 17.9 Å². The van der Waals surface area contributed by atoms with Gasteiger partial charge >= 0.3 is 5.97 Å². The van der Waals surface area contributed by atoms with Crippen molar-refractivity contribution in [1.82, 2.24) is 4.98 Å². The molecule has 148 valence electrons. The molecule has 8 heteroatoms. The zero-order valence-electron chi connectivity index (χ0n) is 15.4. The summed E-state index contributed by atoms with van der Waals surface area (Å²) in [6.45, 7) is 0. The maximum atomic E-state index is 12.8. The van der Waals surface area contributed by atoms with Gasteiger partial charge in [0.2, 0.25) is 0 Å². The highest BCUT2D eigenvalue weighted by Gasteiger charge is 2.16. The van der Waals surface area contributed by atoms with Gasteiger partial charge in [-0.3, -0.25) is 9.71 Å². The molecule has 29 heavy (non-hydrogen) atoms. The minimum Gasteiger partial charge on any atom is -0.466 e. The smallest absolute Gasteiger partial charge is 0.330 e. The van der Waals surface area contributed by atoms with Gasteiger partial charge in [0.1, 0.15) is 0 Å². The first-order valence-corrected chi connectivity index (χ1v) is 10.3. The number of ether oxygens (including phenoxy) is 1. The number of carbonyl (C=O) groups is 1. The fraction of sp³-hybridized carbons (Fsp3) is 0.0476. The maximum Gasteiger partial charge on any atom is 0.330 e. The summed E-state index contributed by atoms with van der Waals surface area (Å²) < 4.78 is 32.7. The van der Waals surface area contributed by atoms with Crippen LogP contribution in [-0.4, -0.2) is 26.5 Å². The lowest BCUT2D eigenvalue weighted by Crippen LogP contribution is -2.13. The molecule has 0 aliphatic heterocycles. The third-order valence-corrected chi connectivity index (χ3v) is 5.65. The predicted octanol–water partition coefficient (Wildman–Crippen LogP) is 4.39. The van der Waals surface area contributed by atoms with Crippen LogP contribution in [0.4, 0.5) is 5.69 Å². The van der Waals surface area contributed by atoms with Crippen LogP contribution in [0.5, 0.6) is 0 Å². The molecule has 0 bridgehead atoms. The van der Waals surface area contributed by atoms with Crippen LogP contribution in [0.2, 0.25) is 5.02 Å². The number of rotatable bonds is 6. The lowest BCUT2D eigenvalue weighted by molar-refractivity contribution is -0.134. The Morgan fingerprint density at radius 2 is 1.93 bits per heavy atom. The Balaban J connectivity index is 1.89. The predicted molar refractivity (Wildman–Crippen MR) is 113 cm³/mol. The van der Waals surface area contributed by atoms with Crippen LogP contribution in [0.15, 0.2) is 77.8 Å². The van der Waals surface area contributed by atoms with Crippen LogP contribution in [-0.2, 0) is 19.6 Å². The molecule has 0 spiro atoms. The number of aromatic nitrogens is 1. The van der Waals surface area contributed by atoms with Crippen molar-refractivity contribution >= 4 is 39.4 Å². The summed E-state index contributed by atoms with van der Waals surface area (Å²) in [7, 11) is -2.59. The van der Waals surface area contributed by atoms with Crippen molar-refractivity contribution in [3.05, 3.63) is 83.5 Å². The van der Waals surface area contributed by atoms with E-state index in [2.05, 4.69) is 14.4 Å². The average molecular weight is 429 g/mol. The molecule has 0 saturated heterocycles. The molecule has 0 fully saturated rings. The normalized spacial score (nSPS) is 11.4. The molecule has 0 unspecified atom stereocenters. The molecule has 0 radical (unpaired) electrons. The van der Waals surface area contributed by atoms with E-state index in [0.717, 1.165) is 0 Å². The first-order chi connectivity index (χ1) is 13.9. The van der Waals surface area contributed by atoms with E-state index in [1.54, 1.807) is 48.7 Å². The topological polar surface area (TPSA) is 85.4 Å².